The lowest BCUT2D eigenvalue weighted by Crippen LogP contribution is -2.38. The monoisotopic (exact) mass is 447 g/mol. The molecule has 9 heteroatoms. The Morgan fingerprint density at radius 3 is 2.38 bits per heavy atom. The van der Waals surface area contributed by atoms with Gasteiger partial charge in [-0.15, -0.1) is 0 Å². The third kappa shape index (κ3) is 5.82. The van der Waals surface area contributed by atoms with Crippen LogP contribution in [-0.4, -0.2) is 33.1 Å². The number of ether oxygens (including phenoxy) is 1. The maximum absolute atomic E-state index is 12.9. The second kappa shape index (κ2) is 9.75. The van der Waals surface area contributed by atoms with Crippen molar-refractivity contribution in [1.82, 2.24) is 0 Å². The number of thioether (sulfide) groups is 1. The molecule has 1 aliphatic heterocycles. The molecule has 0 aromatic heterocycles. The molecule has 0 saturated heterocycles. The quantitative estimate of drug-likeness (QED) is 0.633. The summed E-state index contributed by atoms with van der Waals surface area (Å²) in [5.74, 6) is 2.91. The normalized spacial score (nSPS) is 13.8. The van der Waals surface area contributed by atoms with Gasteiger partial charge >= 0.3 is 6.18 Å². The van der Waals surface area contributed by atoms with Crippen LogP contribution in [0.4, 0.5) is 18.9 Å². The molecule has 0 saturated carbocycles. The standard InChI is InChI=1S/C16H14F3NO3S.C4H10S/c1-11-5-6-15-14(9-11)20(7-8-23-15)24(21,22)13-4-2-3-12(10-13)16(17,18)19;1-3-5-4-2/h2-6,9-10H,7-8H2,1H3;3-4H2,1-2H3. The van der Waals surface area contributed by atoms with Crippen LogP contribution in [-0.2, 0) is 16.2 Å². The first-order chi connectivity index (χ1) is 13.6. The average Bonchev–Trinajstić information content (AvgIpc) is 2.68. The highest BCUT2D eigenvalue weighted by atomic mass is 32.2. The molecule has 1 heterocycles. The summed E-state index contributed by atoms with van der Waals surface area (Å²) in [5, 5.41) is 0. The number of sulfonamides is 1. The van der Waals surface area contributed by atoms with E-state index in [0.29, 0.717) is 17.5 Å². The number of benzene rings is 2. The van der Waals surface area contributed by atoms with Gasteiger partial charge in [0.2, 0.25) is 0 Å². The van der Waals surface area contributed by atoms with Crippen LogP contribution in [0.2, 0.25) is 0 Å². The topological polar surface area (TPSA) is 46.6 Å². The number of rotatable bonds is 4. The number of hydrogen-bond acceptors (Lipinski definition) is 4. The van der Waals surface area contributed by atoms with Crippen LogP contribution < -0.4 is 9.04 Å². The van der Waals surface area contributed by atoms with E-state index in [2.05, 4.69) is 13.8 Å². The lowest BCUT2D eigenvalue weighted by atomic mass is 10.2. The van der Waals surface area contributed by atoms with Crippen molar-refractivity contribution in [3.63, 3.8) is 0 Å². The van der Waals surface area contributed by atoms with Crippen LogP contribution in [0.15, 0.2) is 47.4 Å². The molecule has 2 aromatic rings. The Morgan fingerprint density at radius 2 is 1.79 bits per heavy atom. The van der Waals surface area contributed by atoms with E-state index in [1.165, 1.54) is 11.5 Å². The summed E-state index contributed by atoms with van der Waals surface area (Å²) in [6.45, 7) is 6.32. The fourth-order valence-electron chi connectivity index (χ4n) is 2.72. The highest BCUT2D eigenvalue weighted by Crippen LogP contribution is 2.37. The lowest BCUT2D eigenvalue weighted by molar-refractivity contribution is -0.137. The largest absolute Gasteiger partial charge is 0.489 e. The van der Waals surface area contributed by atoms with Crippen LogP contribution in [0, 0.1) is 6.92 Å². The lowest BCUT2D eigenvalue weighted by Gasteiger charge is -2.30. The van der Waals surface area contributed by atoms with Crippen molar-refractivity contribution in [3.05, 3.63) is 53.6 Å². The van der Waals surface area contributed by atoms with Crippen LogP contribution >= 0.6 is 11.8 Å². The molecule has 29 heavy (non-hydrogen) atoms. The molecular weight excluding hydrogens is 423 g/mol. The molecule has 0 radical (unpaired) electrons. The van der Waals surface area contributed by atoms with Gasteiger partial charge in [-0.3, -0.25) is 4.31 Å². The van der Waals surface area contributed by atoms with Crippen LogP contribution in [0.5, 0.6) is 5.75 Å². The van der Waals surface area contributed by atoms with E-state index in [1.807, 2.05) is 11.8 Å². The first kappa shape index (κ1) is 23.4. The first-order valence-electron chi connectivity index (χ1n) is 9.12. The van der Waals surface area contributed by atoms with Crippen molar-refractivity contribution < 1.29 is 26.3 Å². The number of nitrogens with zero attached hydrogens (tertiary/aromatic N) is 1. The summed E-state index contributed by atoms with van der Waals surface area (Å²) in [5.41, 5.74) is 0.156. The summed E-state index contributed by atoms with van der Waals surface area (Å²) < 4.78 is 70.8. The van der Waals surface area contributed by atoms with Gasteiger partial charge in [0.1, 0.15) is 12.4 Å². The fraction of sp³-hybridized carbons (Fsp3) is 0.400. The molecule has 0 unspecified atom stereocenters. The van der Waals surface area contributed by atoms with Crippen molar-refractivity contribution in [2.75, 3.05) is 29.0 Å². The molecule has 0 amide bonds. The average molecular weight is 448 g/mol. The van der Waals surface area contributed by atoms with Crippen LogP contribution in [0.1, 0.15) is 25.0 Å². The molecule has 4 nitrogen and oxygen atoms in total. The zero-order valence-electron chi connectivity index (χ0n) is 16.5. The minimum Gasteiger partial charge on any atom is -0.489 e. The maximum atomic E-state index is 12.9. The zero-order chi connectivity index (χ0) is 21.7. The second-order valence-corrected chi connectivity index (χ2v) is 9.63. The number of alkyl halides is 3. The fourth-order valence-corrected chi connectivity index (χ4v) is 4.62. The van der Waals surface area contributed by atoms with E-state index in [9.17, 15) is 21.6 Å². The third-order valence-electron chi connectivity index (χ3n) is 4.09. The molecular formula is C20H24F3NO3S2. The molecule has 160 valence electrons. The van der Waals surface area contributed by atoms with Gasteiger partial charge in [0.05, 0.1) is 22.7 Å². The Bertz CT molecular complexity index is 929. The predicted molar refractivity (Wildman–Crippen MR) is 111 cm³/mol. The van der Waals surface area contributed by atoms with Gasteiger partial charge < -0.3 is 4.74 Å². The van der Waals surface area contributed by atoms with Crippen molar-refractivity contribution in [3.8, 4) is 5.75 Å². The van der Waals surface area contributed by atoms with E-state index in [1.54, 1.807) is 25.1 Å². The first-order valence-corrected chi connectivity index (χ1v) is 11.7. The molecule has 0 N–H and O–H groups in total. The van der Waals surface area contributed by atoms with Crippen molar-refractivity contribution >= 4 is 27.5 Å². The summed E-state index contributed by atoms with van der Waals surface area (Å²) in [6, 6.07) is 8.82. The Morgan fingerprint density at radius 1 is 1.10 bits per heavy atom. The van der Waals surface area contributed by atoms with E-state index >= 15 is 0 Å². The van der Waals surface area contributed by atoms with E-state index in [4.69, 9.17) is 4.74 Å². The summed E-state index contributed by atoms with van der Waals surface area (Å²) in [7, 11) is -4.12. The molecule has 0 aliphatic carbocycles. The zero-order valence-corrected chi connectivity index (χ0v) is 18.1. The second-order valence-electron chi connectivity index (χ2n) is 6.20. The van der Waals surface area contributed by atoms with Gasteiger partial charge in [0.15, 0.2) is 0 Å². The molecule has 0 fully saturated rings. The van der Waals surface area contributed by atoms with Crippen molar-refractivity contribution in [2.45, 2.75) is 31.8 Å². The highest BCUT2D eigenvalue weighted by Gasteiger charge is 2.34. The Balaban J connectivity index is 0.000000537. The summed E-state index contributed by atoms with van der Waals surface area (Å²) >= 11 is 1.96. The number of halogens is 3. The highest BCUT2D eigenvalue weighted by molar-refractivity contribution is 7.99. The van der Waals surface area contributed by atoms with Gasteiger partial charge in [-0.2, -0.15) is 24.9 Å². The Hall–Kier alpha value is -1.87. The van der Waals surface area contributed by atoms with Gasteiger partial charge in [-0.25, -0.2) is 8.42 Å². The van der Waals surface area contributed by atoms with Crippen LogP contribution in [0.25, 0.3) is 0 Å². The number of fused-ring (bicyclic) bond motifs is 1. The molecule has 2 aromatic carbocycles. The number of anilines is 1. The maximum Gasteiger partial charge on any atom is 0.416 e. The molecule has 0 atom stereocenters. The van der Waals surface area contributed by atoms with E-state index in [-0.39, 0.29) is 13.2 Å². The van der Waals surface area contributed by atoms with Gasteiger partial charge in [0, 0.05) is 0 Å². The minimum absolute atomic E-state index is 0.0367. The molecule has 3 rings (SSSR count). The molecule has 0 spiro atoms. The van der Waals surface area contributed by atoms with E-state index < -0.39 is 26.7 Å². The SMILES string of the molecule is CCSCC.Cc1ccc2c(c1)N(S(=O)(=O)c1cccc(C(F)(F)F)c1)CCO2. The number of hydrogen-bond donors (Lipinski definition) is 0. The summed E-state index contributed by atoms with van der Waals surface area (Å²) in [4.78, 5) is -0.397. The minimum atomic E-state index is -4.61. The molecule has 0 bridgehead atoms. The summed E-state index contributed by atoms with van der Waals surface area (Å²) in [6.07, 6.45) is -4.61. The van der Waals surface area contributed by atoms with Crippen LogP contribution in [0.3, 0.4) is 0 Å². The smallest absolute Gasteiger partial charge is 0.416 e. The number of aryl methyl sites for hydroxylation is 1. The van der Waals surface area contributed by atoms with Crippen molar-refractivity contribution in [2.24, 2.45) is 0 Å². The van der Waals surface area contributed by atoms with E-state index in [0.717, 1.165) is 28.1 Å². The Labute approximate surface area is 174 Å². The third-order valence-corrected chi connectivity index (χ3v) is 6.72. The van der Waals surface area contributed by atoms with Gasteiger partial charge in [-0.1, -0.05) is 26.0 Å². The predicted octanol–water partition coefficient (Wildman–Crippen LogP) is 5.36. The van der Waals surface area contributed by atoms with Crippen molar-refractivity contribution in [1.29, 1.82) is 0 Å². The van der Waals surface area contributed by atoms with Gasteiger partial charge in [0.25, 0.3) is 10.0 Å². The van der Waals surface area contributed by atoms with Gasteiger partial charge in [-0.05, 0) is 54.3 Å². The Kier molecular flexibility index (Phi) is 7.87. The molecule has 1 aliphatic rings.